The van der Waals surface area contributed by atoms with Crippen LogP contribution in [0.2, 0.25) is 0 Å². The van der Waals surface area contributed by atoms with Crippen LogP contribution >= 0.6 is 0 Å². The molecular weight excluding hydrogens is 96.0 g/mol. The summed E-state index contributed by atoms with van der Waals surface area (Å²) in [6, 6.07) is 0. The van der Waals surface area contributed by atoms with Crippen molar-refractivity contribution < 1.29 is 14.9 Å². The smallest absolute Gasteiger partial charge is 0.187 e. The Morgan fingerprint density at radius 3 is 2.43 bits per heavy atom. The highest BCUT2D eigenvalue weighted by atomic mass is 16.5. The van der Waals surface area contributed by atoms with Gasteiger partial charge in [-0.15, -0.1) is 0 Å². The zero-order chi connectivity index (χ0) is 5.70. The monoisotopic (exact) mass is 102 g/mol. The van der Waals surface area contributed by atoms with Crippen LogP contribution in [0.5, 0.6) is 0 Å². The summed E-state index contributed by atoms with van der Waals surface area (Å²) in [4.78, 5) is 0. The first-order valence-electron chi connectivity index (χ1n) is 1.71. The van der Waals surface area contributed by atoms with Crippen LogP contribution in [0.25, 0.3) is 0 Å². The zero-order valence-electron chi connectivity index (χ0n) is 3.66. The Bertz CT molecular complexity index is 71.5. The minimum atomic E-state index is -1.46. The van der Waals surface area contributed by atoms with Gasteiger partial charge in [0, 0.05) is 0 Å². The molecule has 0 rings (SSSR count). The van der Waals surface area contributed by atoms with Crippen LogP contribution in [0.3, 0.4) is 0 Å². The van der Waals surface area contributed by atoms with Crippen molar-refractivity contribution in [1.29, 1.82) is 0 Å². The Kier molecular flexibility index (Phi) is 3.11. The van der Waals surface area contributed by atoms with Gasteiger partial charge in [-0.1, -0.05) is 6.42 Å². The number of ether oxygens (including phenoxy) is 1. The highest BCUT2D eigenvalue weighted by Gasteiger charge is 1.91. The standard InChI is InChI=1S/C4H6O3/c1-2-7-3-4(5)6/h1,4-6H,3H2. The summed E-state index contributed by atoms with van der Waals surface area (Å²) in [5, 5.41) is 16.0. The highest BCUT2D eigenvalue weighted by molar-refractivity contribution is 4.68. The third-order valence-corrected chi connectivity index (χ3v) is 0.316. The minimum Gasteiger partial charge on any atom is -0.441 e. The zero-order valence-corrected chi connectivity index (χ0v) is 3.66. The summed E-state index contributed by atoms with van der Waals surface area (Å²) in [7, 11) is 0. The first-order valence-corrected chi connectivity index (χ1v) is 1.71. The van der Waals surface area contributed by atoms with Crippen molar-refractivity contribution in [2.75, 3.05) is 6.61 Å². The van der Waals surface area contributed by atoms with Gasteiger partial charge < -0.3 is 14.9 Å². The van der Waals surface area contributed by atoms with Gasteiger partial charge >= 0.3 is 0 Å². The van der Waals surface area contributed by atoms with Crippen LogP contribution in [-0.2, 0) is 4.74 Å². The van der Waals surface area contributed by atoms with E-state index >= 15 is 0 Å². The van der Waals surface area contributed by atoms with Gasteiger partial charge in [-0.2, -0.15) is 0 Å². The van der Waals surface area contributed by atoms with E-state index in [9.17, 15) is 0 Å². The normalized spacial score (nSPS) is 8.29. The van der Waals surface area contributed by atoms with Gasteiger partial charge in [-0.05, 0) is 0 Å². The average molecular weight is 102 g/mol. The maximum atomic E-state index is 8.02. The molecule has 0 saturated heterocycles. The van der Waals surface area contributed by atoms with Gasteiger partial charge in [0.2, 0.25) is 0 Å². The second-order valence-electron chi connectivity index (χ2n) is 0.909. The lowest BCUT2D eigenvalue weighted by atomic mass is 10.7. The maximum absolute atomic E-state index is 8.02. The maximum Gasteiger partial charge on any atom is 0.187 e. The highest BCUT2D eigenvalue weighted by Crippen LogP contribution is 1.73. The van der Waals surface area contributed by atoms with E-state index in [0.717, 1.165) is 0 Å². The van der Waals surface area contributed by atoms with Crippen molar-refractivity contribution in [3.63, 3.8) is 0 Å². The molecule has 0 bridgehead atoms. The molecule has 0 amide bonds. The van der Waals surface area contributed by atoms with E-state index in [1.54, 1.807) is 6.11 Å². The Morgan fingerprint density at radius 2 is 2.29 bits per heavy atom. The molecule has 0 spiro atoms. The third-order valence-electron chi connectivity index (χ3n) is 0.316. The molecule has 0 aromatic carbocycles. The lowest BCUT2D eigenvalue weighted by Gasteiger charge is -1.96. The van der Waals surface area contributed by atoms with Gasteiger partial charge in [0.15, 0.2) is 12.9 Å². The summed E-state index contributed by atoms with van der Waals surface area (Å²) in [6.07, 6.45) is 4.90. The summed E-state index contributed by atoms with van der Waals surface area (Å²) < 4.78 is 4.12. The van der Waals surface area contributed by atoms with E-state index in [-0.39, 0.29) is 6.61 Å². The fourth-order valence-electron chi connectivity index (χ4n) is 0.123. The number of hydrogen-bond acceptors (Lipinski definition) is 3. The van der Waals surface area contributed by atoms with Crippen LogP contribution in [0.4, 0.5) is 0 Å². The number of rotatable bonds is 2. The van der Waals surface area contributed by atoms with E-state index in [1.165, 1.54) is 0 Å². The molecule has 7 heavy (non-hydrogen) atoms. The minimum absolute atomic E-state index is 0.226. The van der Waals surface area contributed by atoms with E-state index in [2.05, 4.69) is 11.2 Å². The average Bonchev–Trinajstić information content (AvgIpc) is 1.61. The SMILES string of the molecule is C#COCC(O)O. The van der Waals surface area contributed by atoms with Crippen LogP contribution in [0, 0.1) is 12.5 Å². The number of aliphatic hydroxyl groups excluding tert-OH is 1. The Labute approximate surface area is 41.5 Å². The van der Waals surface area contributed by atoms with Crippen LogP contribution in [0.1, 0.15) is 0 Å². The molecule has 3 heteroatoms. The van der Waals surface area contributed by atoms with Crippen molar-refractivity contribution in [2.45, 2.75) is 6.29 Å². The fraction of sp³-hybridized carbons (Fsp3) is 0.500. The molecule has 0 aliphatic heterocycles. The van der Waals surface area contributed by atoms with E-state index in [1.807, 2.05) is 0 Å². The summed E-state index contributed by atoms with van der Waals surface area (Å²) >= 11 is 0. The first kappa shape index (κ1) is 6.28. The molecule has 0 heterocycles. The molecular formula is C4H6O3. The van der Waals surface area contributed by atoms with E-state index in [4.69, 9.17) is 10.2 Å². The second kappa shape index (κ2) is 3.47. The van der Waals surface area contributed by atoms with Gasteiger partial charge in [0.25, 0.3) is 0 Å². The Hall–Kier alpha value is -0.720. The van der Waals surface area contributed by atoms with E-state index in [0.29, 0.717) is 0 Å². The molecule has 2 N–H and O–H groups in total. The largest absolute Gasteiger partial charge is 0.441 e. The van der Waals surface area contributed by atoms with E-state index < -0.39 is 6.29 Å². The van der Waals surface area contributed by atoms with Gasteiger partial charge in [0.05, 0.1) is 0 Å². The van der Waals surface area contributed by atoms with Crippen molar-refractivity contribution in [3.8, 4) is 12.5 Å². The van der Waals surface area contributed by atoms with Crippen LogP contribution in [-0.4, -0.2) is 23.1 Å². The molecule has 0 saturated carbocycles. The molecule has 0 radical (unpaired) electrons. The molecule has 0 aliphatic rings. The molecule has 40 valence electrons. The molecule has 3 nitrogen and oxygen atoms in total. The molecule has 0 fully saturated rings. The van der Waals surface area contributed by atoms with Gasteiger partial charge in [-0.3, -0.25) is 0 Å². The Balaban J connectivity index is 2.86. The van der Waals surface area contributed by atoms with Crippen molar-refractivity contribution in [2.24, 2.45) is 0 Å². The lowest BCUT2D eigenvalue weighted by Crippen LogP contribution is -2.11. The number of hydrogen-bond donors (Lipinski definition) is 2. The fourth-order valence-corrected chi connectivity index (χ4v) is 0.123. The van der Waals surface area contributed by atoms with Crippen molar-refractivity contribution >= 4 is 0 Å². The predicted molar refractivity (Wildman–Crippen MR) is 23.0 cm³/mol. The second-order valence-corrected chi connectivity index (χ2v) is 0.909. The summed E-state index contributed by atoms with van der Waals surface area (Å²) in [5.74, 6) is 0. The Morgan fingerprint density at radius 1 is 1.71 bits per heavy atom. The number of aliphatic hydroxyl groups is 2. The van der Waals surface area contributed by atoms with Gasteiger partial charge in [-0.25, -0.2) is 0 Å². The quantitative estimate of drug-likeness (QED) is 0.344. The molecule has 0 atom stereocenters. The summed E-state index contributed by atoms with van der Waals surface area (Å²) in [6.45, 7) is -0.226. The van der Waals surface area contributed by atoms with Crippen molar-refractivity contribution in [1.82, 2.24) is 0 Å². The van der Waals surface area contributed by atoms with Crippen LogP contribution in [0.15, 0.2) is 0 Å². The van der Waals surface area contributed by atoms with Crippen molar-refractivity contribution in [3.05, 3.63) is 0 Å². The first-order chi connectivity index (χ1) is 3.27. The molecule has 0 aromatic rings. The third kappa shape index (κ3) is 5.28. The number of terminal acetylenes is 1. The molecule has 0 aliphatic carbocycles. The van der Waals surface area contributed by atoms with Crippen LogP contribution < -0.4 is 0 Å². The predicted octanol–water partition coefficient (Wildman–Crippen LogP) is -1.10. The lowest BCUT2D eigenvalue weighted by molar-refractivity contribution is -0.0742. The topological polar surface area (TPSA) is 49.7 Å². The van der Waals surface area contributed by atoms with Gasteiger partial charge in [0.1, 0.15) is 6.11 Å². The summed E-state index contributed by atoms with van der Waals surface area (Å²) in [5.41, 5.74) is 0. The molecule has 0 aromatic heterocycles. The molecule has 0 unspecified atom stereocenters.